The number of hydrogen-bond acceptors (Lipinski definition) is 4. The second-order valence-electron chi connectivity index (χ2n) is 6.34. The van der Waals surface area contributed by atoms with E-state index in [0.29, 0.717) is 0 Å². The number of nitrogens with zero attached hydrogens (tertiary/aromatic N) is 4. The van der Waals surface area contributed by atoms with Gasteiger partial charge in [0.1, 0.15) is 24.0 Å². The first kappa shape index (κ1) is 17.6. The van der Waals surface area contributed by atoms with Crippen molar-refractivity contribution >= 4 is 5.91 Å². The van der Waals surface area contributed by atoms with Crippen molar-refractivity contribution in [2.75, 3.05) is 7.05 Å². The SMILES string of the molecule is CN(Cc1ccc(F)cc1)C(=O)Cn1c(=O)c(C#N)cn(C2CC2)c1=O. The highest BCUT2D eigenvalue weighted by atomic mass is 19.1. The van der Waals surface area contributed by atoms with Crippen LogP contribution in [0.3, 0.4) is 0 Å². The standard InChI is InChI=1S/C18H17FN4O3/c1-21(9-12-2-4-14(19)5-3-12)16(24)11-23-17(25)13(8-20)10-22(18(23)26)15-6-7-15/h2-5,10,15H,6-7,9,11H2,1H3. The van der Waals surface area contributed by atoms with Crippen molar-refractivity contribution in [3.8, 4) is 6.07 Å². The number of rotatable bonds is 5. The predicted molar refractivity (Wildman–Crippen MR) is 90.8 cm³/mol. The summed E-state index contributed by atoms with van der Waals surface area (Å²) >= 11 is 0. The summed E-state index contributed by atoms with van der Waals surface area (Å²) in [6.07, 6.45) is 2.88. The molecule has 1 amide bonds. The molecule has 0 saturated heterocycles. The fraction of sp³-hybridized carbons (Fsp3) is 0.333. The van der Waals surface area contributed by atoms with E-state index in [-0.39, 0.29) is 24.0 Å². The minimum Gasteiger partial charge on any atom is -0.340 e. The van der Waals surface area contributed by atoms with E-state index in [1.807, 2.05) is 0 Å². The number of nitriles is 1. The molecule has 2 aromatic rings. The molecule has 1 fully saturated rings. The van der Waals surface area contributed by atoms with Crippen LogP contribution in [0.2, 0.25) is 0 Å². The lowest BCUT2D eigenvalue weighted by atomic mass is 10.2. The Kier molecular flexibility index (Phi) is 4.71. The van der Waals surface area contributed by atoms with Crippen molar-refractivity contribution in [1.82, 2.24) is 14.0 Å². The van der Waals surface area contributed by atoms with E-state index in [1.165, 1.54) is 34.8 Å². The topological polar surface area (TPSA) is 88.1 Å². The van der Waals surface area contributed by atoms with Crippen LogP contribution in [0.1, 0.15) is 30.0 Å². The van der Waals surface area contributed by atoms with E-state index < -0.39 is 23.7 Å². The molecule has 26 heavy (non-hydrogen) atoms. The van der Waals surface area contributed by atoms with Crippen molar-refractivity contribution < 1.29 is 9.18 Å². The van der Waals surface area contributed by atoms with Gasteiger partial charge >= 0.3 is 5.69 Å². The summed E-state index contributed by atoms with van der Waals surface area (Å²) in [5.74, 6) is -0.825. The molecule has 0 spiro atoms. The second-order valence-corrected chi connectivity index (χ2v) is 6.34. The molecule has 0 bridgehead atoms. The number of halogens is 1. The summed E-state index contributed by atoms with van der Waals surface area (Å²) in [6, 6.07) is 7.46. The molecule has 8 heteroatoms. The van der Waals surface area contributed by atoms with Crippen LogP contribution in [0, 0.1) is 17.1 Å². The third kappa shape index (κ3) is 3.57. The Hall–Kier alpha value is -3.21. The Labute approximate surface area is 148 Å². The number of aromatic nitrogens is 2. The van der Waals surface area contributed by atoms with E-state index in [9.17, 15) is 18.8 Å². The minimum absolute atomic E-state index is 0.0199. The Bertz CT molecular complexity index is 997. The summed E-state index contributed by atoms with van der Waals surface area (Å²) in [6.45, 7) is -0.236. The van der Waals surface area contributed by atoms with E-state index in [0.717, 1.165) is 23.0 Å². The zero-order valence-electron chi connectivity index (χ0n) is 14.2. The van der Waals surface area contributed by atoms with Crippen molar-refractivity contribution in [2.45, 2.75) is 32.0 Å². The highest BCUT2D eigenvalue weighted by Gasteiger charge is 2.27. The molecule has 134 valence electrons. The molecule has 0 atom stereocenters. The van der Waals surface area contributed by atoms with Gasteiger partial charge in [0.25, 0.3) is 5.56 Å². The molecule has 1 heterocycles. The zero-order chi connectivity index (χ0) is 18.8. The van der Waals surface area contributed by atoms with Crippen LogP contribution in [0.25, 0.3) is 0 Å². The van der Waals surface area contributed by atoms with Crippen molar-refractivity contribution in [3.05, 3.63) is 68.2 Å². The quantitative estimate of drug-likeness (QED) is 0.800. The first-order valence-electron chi connectivity index (χ1n) is 8.15. The number of hydrogen-bond donors (Lipinski definition) is 0. The van der Waals surface area contributed by atoms with Crippen molar-refractivity contribution in [3.63, 3.8) is 0 Å². The van der Waals surface area contributed by atoms with Crippen LogP contribution >= 0.6 is 0 Å². The van der Waals surface area contributed by atoms with Gasteiger partial charge in [-0.3, -0.25) is 14.2 Å². The minimum atomic E-state index is -0.766. The van der Waals surface area contributed by atoms with E-state index in [2.05, 4.69) is 0 Å². The molecule has 0 radical (unpaired) electrons. The van der Waals surface area contributed by atoms with Gasteiger partial charge in [-0.15, -0.1) is 0 Å². The van der Waals surface area contributed by atoms with E-state index in [4.69, 9.17) is 5.26 Å². The Balaban J connectivity index is 1.83. The number of carbonyl (C=O) groups is 1. The van der Waals surface area contributed by atoms with Gasteiger partial charge in [0, 0.05) is 25.8 Å². The summed E-state index contributed by atoms with van der Waals surface area (Å²) in [4.78, 5) is 38.6. The first-order valence-corrected chi connectivity index (χ1v) is 8.15. The van der Waals surface area contributed by atoms with Crippen LogP contribution in [-0.4, -0.2) is 27.0 Å². The molecule has 1 saturated carbocycles. The summed E-state index contributed by atoms with van der Waals surface area (Å²) in [7, 11) is 1.53. The average Bonchev–Trinajstić information content (AvgIpc) is 3.45. The van der Waals surface area contributed by atoms with Crippen LogP contribution in [0.15, 0.2) is 40.1 Å². The fourth-order valence-electron chi connectivity index (χ4n) is 2.66. The molecule has 7 nitrogen and oxygen atoms in total. The maximum Gasteiger partial charge on any atom is 0.331 e. The zero-order valence-corrected chi connectivity index (χ0v) is 14.2. The van der Waals surface area contributed by atoms with E-state index >= 15 is 0 Å². The lowest BCUT2D eigenvalue weighted by molar-refractivity contribution is -0.131. The third-order valence-corrected chi connectivity index (χ3v) is 4.31. The van der Waals surface area contributed by atoms with Crippen LogP contribution in [-0.2, 0) is 17.9 Å². The normalized spacial score (nSPS) is 13.3. The Morgan fingerprint density at radius 3 is 2.54 bits per heavy atom. The maximum atomic E-state index is 13.0. The molecular weight excluding hydrogens is 339 g/mol. The highest BCUT2D eigenvalue weighted by molar-refractivity contribution is 5.75. The molecule has 0 N–H and O–H groups in total. The largest absolute Gasteiger partial charge is 0.340 e. The van der Waals surface area contributed by atoms with Crippen LogP contribution in [0.4, 0.5) is 4.39 Å². The maximum absolute atomic E-state index is 13.0. The van der Waals surface area contributed by atoms with Gasteiger partial charge in [-0.25, -0.2) is 13.8 Å². The molecule has 3 rings (SSSR count). The van der Waals surface area contributed by atoms with Crippen LogP contribution in [0.5, 0.6) is 0 Å². The number of likely N-dealkylation sites (N-methyl/N-ethyl adjacent to an activating group) is 1. The fourth-order valence-corrected chi connectivity index (χ4v) is 2.66. The lowest BCUT2D eigenvalue weighted by Gasteiger charge is -2.18. The highest BCUT2D eigenvalue weighted by Crippen LogP contribution is 2.33. The molecule has 1 aromatic carbocycles. The third-order valence-electron chi connectivity index (χ3n) is 4.31. The molecule has 1 aromatic heterocycles. The molecule has 0 unspecified atom stereocenters. The first-order chi connectivity index (χ1) is 12.4. The van der Waals surface area contributed by atoms with Gasteiger partial charge in [0.15, 0.2) is 0 Å². The van der Waals surface area contributed by atoms with Gasteiger partial charge in [-0.1, -0.05) is 12.1 Å². The summed E-state index contributed by atoms with van der Waals surface area (Å²) in [5, 5.41) is 9.12. The van der Waals surface area contributed by atoms with Gasteiger partial charge in [0.05, 0.1) is 0 Å². The predicted octanol–water partition coefficient (Wildman–Crippen LogP) is 1.01. The molecular formula is C18H17FN4O3. The summed E-state index contributed by atoms with van der Waals surface area (Å²) in [5.41, 5.74) is -0.792. The lowest BCUT2D eigenvalue weighted by Crippen LogP contribution is -2.44. The molecule has 1 aliphatic rings. The van der Waals surface area contributed by atoms with Gasteiger partial charge in [0.2, 0.25) is 5.91 Å². The monoisotopic (exact) mass is 356 g/mol. The molecule has 0 aliphatic heterocycles. The van der Waals surface area contributed by atoms with E-state index in [1.54, 1.807) is 18.2 Å². The summed E-state index contributed by atoms with van der Waals surface area (Å²) < 4.78 is 15.1. The van der Waals surface area contributed by atoms with Crippen molar-refractivity contribution in [2.24, 2.45) is 0 Å². The smallest absolute Gasteiger partial charge is 0.331 e. The second kappa shape index (κ2) is 6.96. The van der Waals surface area contributed by atoms with Crippen molar-refractivity contribution in [1.29, 1.82) is 5.26 Å². The molecule has 1 aliphatic carbocycles. The number of amides is 1. The van der Waals surface area contributed by atoms with Gasteiger partial charge < -0.3 is 4.90 Å². The number of carbonyl (C=O) groups excluding carboxylic acids is 1. The van der Waals surface area contributed by atoms with Crippen LogP contribution < -0.4 is 11.2 Å². The average molecular weight is 356 g/mol. The van der Waals surface area contributed by atoms with Gasteiger partial charge in [-0.2, -0.15) is 5.26 Å². The number of benzene rings is 1. The Morgan fingerprint density at radius 2 is 1.96 bits per heavy atom. The Morgan fingerprint density at radius 1 is 1.31 bits per heavy atom. The van der Waals surface area contributed by atoms with Gasteiger partial charge in [-0.05, 0) is 30.5 Å².